The van der Waals surface area contributed by atoms with E-state index in [2.05, 4.69) is 0 Å². The molecule has 6 heteroatoms. The second kappa shape index (κ2) is 12.5. The largest absolute Gasteiger partial charge is 0.494 e. The molecule has 1 fully saturated rings. The summed E-state index contributed by atoms with van der Waals surface area (Å²) in [5, 5.41) is 19.1. The van der Waals surface area contributed by atoms with E-state index in [1.54, 1.807) is 0 Å². The maximum atomic E-state index is 12.2. The summed E-state index contributed by atoms with van der Waals surface area (Å²) < 4.78 is 5.51. The van der Waals surface area contributed by atoms with Crippen molar-refractivity contribution in [1.82, 2.24) is 4.90 Å². The first-order chi connectivity index (χ1) is 14.0. The van der Waals surface area contributed by atoms with Crippen LogP contribution in [0.3, 0.4) is 0 Å². The molecule has 0 radical (unpaired) electrons. The van der Waals surface area contributed by atoms with E-state index in [9.17, 15) is 14.7 Å². The van der Waals surface area contributed by atoms with Crippen molar-refractivity contribution in [2.24, 2.45) is 0 Å². The molecule has 1 aromatic rings. The maximum Gasteiger partial charge on any atom is 0.303 e. The minimum Gasteiger partial charge on any atom is -0.494 e. The summed E-state index contributed by atoms with van der Waals surface area (Å²) in [6.07, 6.45) is 6.77. The molecule has 0 aromatic heterocycles. The Morgan fingerprint density at radius 1 is 1.28 bits per heavy atom. The average molecular weight is 406 g/mol. The standard InChI is InChI=1S/C23H35NO5/c1-2-29-21-9-7-8-18(17-21)16-20(25)13-11-19-12-14-22(26)24(19)15-6-4-3-5-10-23(27)28/h7-9,17,19-20,25H,2-6,10-16H2,1H3,(H,27,28)/t19?,20-/m1/s1. The minimum absolute atomic E-state index is 0.208. The average Bonchev–Trinajstić information content (AvgIpc) is 3.03. The second-order valence-corrected chi connectivity index (χ2v) is 7.85. The molecule has 2 atom stereocenters. The van der Waals surface area contributed by atoms with E-state index in [1.165, 1.54) is 0 Å². The highest BCUT2D eigenvalue weighted by Crippen LogP contribution is 2.25. The summed E-state index contributed by atoms with van der Waals surface area (Å²) in [5.41, 5.74) is 1.06. The summed E-state index contributed by atoms with van der Waals surface area (Å²) in [5.74, 6) is 0.288. The Kier molecular flexibility index (Phi) is 9.98. The van der Waals surface area contributed by atoms with Crippen molar-refractivity contribution in [3.8, 4) is 5.75 Å². The molecule has 2 rings (SSSR count). The van der Waals surface area contributed by atoms with Gasteiger partial charge in [0.2, 0.25) is 5.91 Å². The van der Waals surface area contributed by atoms with Crippen LogP contribution in [-0.4, -0.2) is 52.3 Å². The fourth-order valence-corrected chi connectivity index (χ4v) is 4.00. The number of carbonyl (C=O) groups excluding carboxylic acids is 1. The number of rotatable bonds is 14. The first kappa shape index (κ1) is 23.2. The summed E-state index contributed by atoms with van der Waals surface area (Å²) >= 11 is 0. The van der Waals surface area contributed by atoms with Gasteiger partial charge in [-0.15, -0.1) is 0 Å². The second-order valence-electron chi connectivity index (χ2n) is 7.85. The molecule has 0 spiro atoms. The molecule has 162 valence electrons. The van der Waals surface area contributed by atoms with E-state index in [-0.39, 0.29) is 18.4 Å². The number of unbranched alkanes of at least 4 members (excludes halogenated alkanes) is 3. The first-order valence-corrected chi connectivity index (χ1v) is 10.9. The van der Waals surface area contributed by atoms with Gasteiger partial charge in [0.15, 0.2) is 0 Å². The lowest BCUT2D eigenvalue weighted by atomic mass is 10.00. The number of likely N-dealkylation sites (tertiary alicyclic amines) is 1. The van der Waals surface area contributed by atoms with Gasteiger partial charge in [-0.1, -0.05) is 25.0 Å². The van der Waals surface area contributed by atoms with E-state index < -0.39 is 12.1 Å². The summed E-state index contributed by atoms with van der Waals surface area (Å²) in [7, 11) is 0. The van der Waals surface area contributed by atoms with Gasteiger partial charge in [0.05, 0.1) is 12.7 Å². The molecule has 1 aliphatic heterocycles. The lowest BCUT2D eigenvalue weighted by Gasteiger charge is -2.26. The summed E-state index contributed by atoms with van der Waals surface area (Å²) in [6, 6.07) is 8.06. The SMILES string of the molecule is CCOc1cccc(C[C@H](O)CCC2CCC(=O)N2CCCCCCC(=O)O)c1. The van der Waals surface area contributed by atoms with Gasteiger partial charge in [-0.25, -0.2) is 0 Å². The molecule has 1 unspecified atom stereocenters. The van der Waals surface area contributed by atoms with Crippen molar-refractivity contribution in [2.75, 3.05) is 13.2 Å². The molecule has 1 aliphatic rings. The number of benzene rings is 1. The van der Waals surface area contributed by atoms with E-state index in [1.807, 2.05) is 36.1 Å². The molecule has 29 heavy (non-hydrogen) atoms. The fourth-order valence-electron chi connectivity index (χ4n) is 4.00. The zero-order chi connectivity index (χ0) is 21.1. The molecule has 0 saturated carbocycles. The summed E-state index contributed by atoms with van der Waals surface area (Å²) in [4.78, 5) is 24.7. The highest BCUT2D eigenvalue weighted by atomic mass is 16.5. The Bertz CT molecular complexity index is 648. The van der Waals surface area contributed by atoms with Crippen LogP contribution in [0.4, 0.5) is 0 Å². The van der Waals surface area contributed by atoms with Gasteiger partial charge in [0.25, 0.3) is 0 Å². The lowest BCUT2D eigenvalue weighted by molar-refractivity contribution is -0.137. The molecular formula is C23H35NO5. The number of aliphatic hydroxyl groups excluding tert-OH is 1. The van der Waals surface area contributed by atoms with Crippen LogP contribution in [0.1, 0.15) is 70.3 Å². The van der Waals surface area contributed by atoms with E-state index in [0.29, 0.717) is 32.3 Å². The van der Waals surface area contributed by atoms with Gasteiger partial charge in [0.1, 0.15) is 5.75 Å². The number of aliphatic hydroxyl groups is 1. The monoisotopic (exact) mass is 405 g/mol. The zero-order valence-corrected chi connectivity index (χ0v) is 17.5. The van der Waals surface area contributed by atoms with E-state index in [4.69, 9.17) is 9.84 Å². The smallest absolute Gasteiger partial charge is 0.303 e. The number of carbonyl (C=O) groups is 2. The van der Waals surface area contributed by atoms with E-state index in [0.717, 1.165) is 50.0 Å². The van der Waals surface area contributed by atoms with Crippen molar-refractivity contribution >= 4 is 11.9 Å². The van der Waals surface area contributed by atoms with Crippen LogP contribution in [0, 0.1) is 0 Å². The zero-order valence-electron chi connectivity index (χ0n) is 17.5. The molecular weight excluding hydrogens is 370 g/mol. The molecule has 6 nitrogen and oxygen atoms in total. The van der Waals surface area contributed by atoms with Gasteiger partial charge in [0, 0.05) is 25.4 Å². The normalized spacial score (nSPS) is 17.5. The molecule has 1 aromatic carbocycles. The molecule has 2 N–H and O–H groups in total. The van der Waals surface area contributed by atoms with Gasteiger partial charge >= 0.3 is 5.97 Å². The third-order valence-electron chi connectivity index (χ3n) is 5.51. The Hall–Kier alpha value is -2.08. The Labute approximate surface area is 173 Å². The number of ether oxygens (including phenoxy) is 1. The van der Waals surface area contributed by atoms with Crippen LogP contribution in [0.2, 0.25) is 0 Å². The van der Waals surface area contributed by atoms with Crippen molar-refractivity contribution in [3.63, 3.8) is 0 Å². The predicted molar refractivity (Wildman–Crippen MR) is 112 cm³/mol. The van der Waals surface area contributed by atoms with Crippen molar-refractivity contribution < 1.29 is 24.5 Å². The molecule has 1 amide bonds. The third kappa shape index (κ3) is 8.44. The lowest BCUT2D eigenvalue weighted by Crippen LogP contribution is -2.34. The van der Waals surface area contributed by atoms with Crippen molar-refractivity contribution in [3.05, 3.63) is 29.8 Å². The molecule has 0 bridgehead atoms. The quantitative estimate of drug-likeness (QED) is 0.460. The molecule has 1 saturated heterocycles. The van der Waals surface area contributed by atoms with Crippen LogP contribution in [0.25, 0.3) is 0 Å². The maximum absolute atomic E-state index is 12.2. The predicted octanol–water partition coefficient (Wildman–Crippen LogP) is 3.80. The number of aliphatic carboxylic acids is 1. The van der Waals surface area contributed by atoms with Crippen LogP contribution in [0.5, 0.6) is 5.75 Å². The number of carboxylic acids is 1. The Morgan fingerprint density at radius 3 is 2.83 bits per heavy atom. The third-order valence-corrected chi connectivity index (χ3v) is 5.51. The number of hydrogen-bond acceptors (Lipinski definition) is 4. The Balaban J connectivity index is 1.71. The van der Waals surface area contributed by atoms with Gasteiger partial charge < -0.3 is 19.8 Å². The number of nitrogens with zero attached hydrogens (tertiary/aromatic N) is 1. The molecule has 0 aliphatic carbocycles. The van der Waals surface area contributed by atoms with Crippen LogP contribution < -0.4 is 4.74 Å². The van der Waals surface area contributed by atoms with Crippen LogP contribution in [-0.2, 0) is 16.0 Å². The highest BCUT2D eigenvalue weighted by molar-refractivity contribution is 5.78. The van der Waals surface area contributed by atoms with Crippen LogP contribution >= 0.6 is 0 Å². The number of amides is 1. The Morgan fingerprint density at radius 2 is 2.07 bits per heavy atom. The van der Waals surface area contributed by atoms with Gasteiger partial charge in [-0.2, -0.15) is 0 Å². The molecule has 1 heterocycles. The highest BCUT2D eigenvalue weighted by Gasteiger charge is 2.30. The first-order valence-electron chi connectivity index (χ1n) is 10.9. The van der Waals surface area contributed by atoms with Crippen molar-refractivity contribution in [2.45, 2.75) is 83.3 Å². The number of hydrogen-bond donors (Lipinski definition) is 2. The summed E-state index contributed by atoms with van der Waals surface area (Å²) in [6.45, 7) is 3.31. The number of carboxylic acid groups (broad SMARTS) is 1. The minimum atomic E-state index is -0.747. The van der Waals surface area contributed by atoms with Crippen molar-refractivity contribution in [1.29, 1.82) is 0 Å². The fraction of sp³-hybridized carbons (Fsp3) is 0.652. The van der Waals surface area contributed by atoms with Gasteiger partial charge in [-0.3, -0.25) is 9.59 Å². The van der Waals surface area contributed by atoms with Crippen LogP contribution in [0.15, 0.2) is 24.3 Å². The topological polar surface area (TPSA) is 87.1 Å². The van der Waals surface area contributed by atoms with E-state index >= 15 is 0 Å². The van der Waals surface area contributed by atoms with Gasteiger partial charge in [-0.05, 0) is 63.1 Å².